The Labute approximate surface area is 180 Å². The van der Waals surface area contributed by atoms with E-state index in [1.807, 2.05) is 11.6 Å². The third-order valence-electron chi connectivity index (χ3n) is 6.51. The summed E-state index contributed by atoms with van der Waals surface area (Å²) in [5.74, 6) is -1.30. The minimum atomic E-state index is -1.27. The van der Waals surface area contributed by atoms with E-state index in [0.717, 1.165) is 45.2 Å². The zero-order valence-electron chi connectivity index (χ0n) is 17.3. The molecule has 2 fully saturated rings. The van der Waals surface area contributed by atoms with Gasteiger partial charge >= 0.3 is 5.97 Å². The topological polar surface area (TPSA) is 94.8 Å². The van der Waals surface area contributed by atoms with Crippen molar-refractivity contribution in [3.05, 3.63) is 38.6 Å². The molecule has 0 radical (unpaired) electrons. The Morgan fingerprint density at radius 1 is 1.30 bits per heavy atom. The molecule has 1 saturated heterocycles. The lowest BCUT2D eigenvalue weighted by molar-refractivity contribution is 0.0695. The van der Waals surface area contributed by atoms with Gasteiger partial charge in [0.15, 0.2) is 0 Å². The van der Waals surface area contributed by atoms with E-state index < -0.39 is 11.4 Å². The molecule has 162 valence electrons. The number of aromatic carboxylic acids is 1. The molecule has 2 aliphatic rings. The summed E-state index contributed by atoms with van der Waals surface area (Å²) in [7, 11) is 1.92. The van der Waals surface area contributed by atoms with E-state index in [1.165, 1.54) is 12.3 Å². The van der Waals surface area contributed by atoms with Crippen molar-refractivity contribution >= 4 is 28.5 Å². The maximum absolute atomic E-state index is 12.8. The van der Waals surface area contributed by atoms with Crippen LogP contribution in [0.5, 0.6) is 5.75 Å². The quantitative estimate of drug-likeness (QED) is 0.618. The van der Waals surface area contributed by atoms with Crippen molar-refractivity contribution in [2.24, 2.45) is 0 Å². The third kappa shape index (κ3) is 3.49. The van der Waals surface area contributed by atoms with Crippen LogP contribution in [0.1, 0.15) is 67.0 Å². The van der Waals surface area contributed by atoms with Gasteiger partial charge in [-0.25, -0.2) is 4.79 Å². The molecule has 3 N–H and O–H groups in total. The largest absolute Gasteiger partial charge is 0.508 e. The summed E-state index contributed by atoms with van der Waals surface area (Å²) < 4.78 is 1.83. The number of benzene rings is 1. The molecule has 1 aliphatic heterocycles. The summed E-state index contributed by atoms with van der Waals surface area (Å²) in [4.78, 5) is 26.8. The highest BCUT2D eigenvalue weighted by molar-refractivity contribution is 6.36. The first-order valence-electron chi connectivity index (χ1n) is 10.6. The number of nitrogens with zero attached hydrogens (tertiary/aromatic N) is 2. The Hall–Kier alpha value is -2.09. The van der Waals surface area contributed by atoms with Gasteiger partial charge in [-0.3, -0.25) is 9.69 Å². The van der Waals surface area contributed by atoms with Crippen LogP contribution < -0.4 is 10.7 Å². The average Bonchev–Trinajstić information content (AvgIpc) is 3.48. The van der Waals surface area contributed by atoms with Crippen molar-refractivity contribution in [2.45, 2.75) is 57.2 Å². The fourth-order valence-electron chi connectivity index (χ4n) is 4.85. The van der Waals surface area contributed by atoms with E-state index in [4.69, 9.17) is 11.6 Å². The highest BCUT2D eigenvalue weighted by Crippen LogP contribution is 2.47. The SMILES string of the molecule is CCC1CCC(c2c(O)cc3c(=O)c(C(=O)O)cn(C4CC4)c3c2Cl)N1CCNC. The molecule has 0 bridgehead atoms. The fourth-order valence-corrected chi connectivity index (χ4v) is 5.27. The Morgan fingerprint density at radius 3 is 2.63 bits per heavy atom. The molecule has 1 saturated carbocycles. The van der Waals surface area contributed by atoms with Gasteiger partial charge in [0, 0.05) is 43.0 Å². The van der Waals surface area contributed by atoms with Crippen molar-refractivity contribution < 1.29 is 15.0 Å². The summed E-state index contributed by atoms with van der Waals surface area (Å²) in [5, 5.41) is 24.1. The number of fused-ring (bicyclic) bond motifs is 1. The van der Waals surface area contributed by atoms with Crippen LogP contribution in [0, 0.1) is 0 Å². The predicted molar refractivity (Wildman–Crippen MR) is 117 cm³/mol. The summed E-state index contributed by atoms with van der Waals surface area (Å²) in [6.07, 6.45) is 6.16. The highest BCUT2D eigenvalue weighted by Gasteiger charge is 2.37. The predicted octanol–water partition coefficient (Wildman–Crippen LogP) is 3.53. The molecule has 1 aromatic carbocycles. The van der Waals surface area contributed by atoms with Crippen molar-refractivity contribution in [3.63, 3.8) is 0 Å². The first kappa shape index (κ1) is 21.2. The van der Waals surface area contributed by atoms with Crippen LogP contribution >= 0.6 is 11.6 Å². The molecular weight excluding hydrogens is 406 g/mol. The molecule has 0 spiro atoms. The Bertz CT molecular complexity index is 1050. The molecule has 30 heavy (non-hydrogen) atoms. The molecule has 2 heterocycles. The molecule has 2 atom stereocenters. The minimum absolute atomic E-state index is 0.0364. The third-order valence-corrected chi connectivity index (χ3v) is 6.89. The summed E-state index contributed by atoms with van der Waals surface area (Å²) in [5.41, 5.74) is 0.284. The number of carboxylic acids is 1. The molecule has 1 aromatic heterocycles. The number of aromatic hydroxyl groups is 1. The number of hydrogen-bond donors (Lipinski definition) is 3. The number of carbonyl (C=O) groups is 1. The van der Waals surface area contributed by atoms with E-state index in [1.54, 1.807) is 0 Å². The number of phenols is 1. The van der Waals surface area contributed by atoms with Gasteiger partial charge < -0.3 is 20.1 Å². The van der Waals surface area contributed by atoms with Gasteiger partial charge in [0.1, 0.15) is 11.3 Å². The molecular formula is C22H28ClN3O4. The van der Waals surface area contributed by atoms with Crippen LogP contribution in [0.4, 0.5) is 0 Å². The van der Waals surface area contributed by atoms with Crippen LogP contribution in [0.25, 0.3) is 10.9 Å². The summed E-state index contributed by atoms with van der Waals surface area (Å²) in [6.45, 7) is 3.83. The molecule has 0 amide bonds. The maximum Gasteiger partial charge on any atom is 0.341 e. The molecule has 7 nitrogen and oxygen atoms in total. The molecule has 2 unspecified atom stereocenters. The molecule has 1 aliphatic carbocycles. The van der Waals surface area contributed by atoms with Gasteiger partial charge in [-0.1, -0.05) is 18.5 Å². The van der Waals surface area contributed by atoms with Crippen molar-refractivity contribution in [1.82, 2.24) is 14.8 Å². The number of likely N-dealkylation sites (tertiary alicyclic amines) is 1. The summed E-state index contributed by atoms with van der Waals surface area (Å²) in [6, 6.07) is 1.92. The molecule has 2 aromatic rings. The Balaban J connectivity index is 1.92. The van der Waals surface area contributed by atoms with Crippen molar-refractivity contribution in [1.29, 1.82) is 0 Å². The van der Waals surface area contributed by atoms with Crippen LogP contribution in [-0.4, -0.2) is 51.8 Å². The molecule has 8 heteroatoms. The van der Waals surface area contributed by atoms with Crippen LogP contribution in [0.15, 0.2) is 17.1 Å². The number of halogens is 1. The monoisotopic (exact) mass is 433 g/mol. The second-order valence-electron chi connectivity index (χ2n) is 8.33. The van der Waals surface area contributed by atoms with Crippen molar-refractivity contribution in [2.75, 3.05) is 20.1 Å². The van der Waals surface area contributed by atoms with E-state index >= 15 is 0 Å². The normalized spacial score (nSPS) is 22.1. The zero-order chi connectivity index (χ0) is 21.6. The van der Waals surface area contributed by atoms with Gasteiger partial charge in [-0.05, 0) is 45.2 Å². The first-order valence-corrected chi connectivity index (χ1v) is 11.0. The number of hydrogen-bond acceptors (Lipinski definition) is 5. The lowest BCUT2D eigenvalue weighted by atomic mass is 9.99. The zero-order valence-corrected chi connectivity index (χ0v) is 18.1. The lowest BCUT2D eigenvalue weighted by Crippen LogP contribution is -2.36. The second kappa shape index (κ2) is 8.21. The highest BCUT2D eigenvalue weighted by atomic mass is 35.5. The number of carboxylic acid groups (broad SMARTS) is 1. The smallest absolute Gasteiger partial charge is 0.341 e. The number of aromatic nitrogens is 1. The van der Waals surface area contributed by atoms with Crippen LogP contribution in [0.3, 0.4) is 0 Å². The van der Waals surface area contributed by atoms with Gasteiger partial charge in [-0.2, -0.15) is 0 Å². The van der Waals surface area contributed by atoms with E-state index in [2.05, 4.69) is 17.1 Å². The van der Waals surface area contributed by atoms with Crippen molar-refractivity contribution in [3.8, 4) is 5.75 Å². The van der Waals surface area contributed by atoms with Crippen LogP contribution in [0.2, 0.25) is 5.02 Å². The van der Waals surface area contributed by atoms with E-state index in [-0.39, 0.29) is 28.8 Å². The number of pyridine rings is 1. The average molecular weight is 434 g/mol. The number of phenolic OH excluding ortho intramolecular Hbond substituents is 1. The summed E-state index contributed by atoms with van der Waals surface area (Å²) >= 11 is 6.89. The minimum Gasteiger partial charge on any atom is -0.508 e. The second-order valence-corrected chi connectivity index (χ2v) is 8.71. The fraction of sp³-hybridized carbons (Fsp3) is 0.545. The van der Waals surface area contributed by atoms with Gasteiger partial charge in [0.2, 0.25) is 5.43 Å². The van der Waals surface area contributed by atoms with Gasteiger partial charge in [-0.15, -0.1) is 0 Å². The standard InChI is InChI=1S/C22H28ClN3O4/c1-3-12-6-7-16(25(12)9-8-24-2)18-17(27)10-14-20(19(18)23)26(13-4-5-13)11-15(21(14)28)22(29)30/h10-13,16,24,27H,3-9H2,1-2H3,(H,29,30). The molecule has 4 rings (SSSR count). The Morgan fingerprint density at radius 2 is 2.03 bits per heavy atom. The van der Waals surface area contributed by atoms with Crippen LogP contribution in [-0.2, 0) is 0 Å². The van der Waals surface area contributed by atoms with E-state index in [9.17, 15) is 19.8 Å². The lowest BCUT2D eigenvalue weighted by Gasteiger charge is -2.31. The Kier molecular flexibility index (Phi) is 5.79. The van der Waals surface area contributed by atoms with Gasteiger partial charge in [0.05, 0.1) is 15.9 Å². The number of rotatable bonds is 7. The van der Waals surface area contributed by atoms with Gasteiger partial charge in [0.25, 0.3) is 0 Å². The van der Waals surface area contributed by atoms with E-state index in [0.29, 0.717) is 22.1 Å². The first-order chi connectivity index (χ1) is 14.4. The number of likely N-dealkylation sites (N-methyl/N-ethyl adjacent to an activating group) is 1. The maximum atomic E-state index is 12.8. The number of nitrogens with one attached hydrogen (secondary N) is 1.